The second-order valence-electron chi connectivity index (χ2n) is 10.6. The number of hydrogen-bond donors (Lipinski definition) is 0. The van der Waals surface area contributed by atoms with E-state index < -0.39 is 11.6 Å². The Balaban J connectivity index is 1.30. The van der Waals surface area contributed by atoms with Crippen molar-refractivity contribution in [3.63, 3.8) is 0 Å². The molecule has 0 spiro atoms. The van der Waals surface area contributed by atoms with Gasteiger partial charge in [0.2, 0.25) is 0 Å². The molecule has 1 nitrogen and oxygen atoms in total. The molecule has 0 aliphatic heterocycles. The lowest BCUT2D eigenvalue weighted by atomic mass is 9.74. The summed E-state index contributed by atoms with van der Waals surface area (Å²) in [5.74, 6) is 0.0450. The van der Waals surface area contributed by atoms with Gasteiger partial charge in [-0.25, -0.2) is 13.2 Å². The van der Waals surface area contributed by atoms with Gasteiger partial charge in [-0.15, -0.1) is 6.58 Å². The largest absolute Gasteiger partial charge is 0.377 e. The molecule has 2 atom stereocenters. The lowest BCUT2D eigenvalue weighted by molar-refractivity contribution is 0.113. The van der Waals surface area contributed by atoms with Crippen LogP contribution in [0.5, 0.6) is 0 Å². The fourth-order valence-electron chi connectivity index (χ4n) is 6.44. The highest BCUT2D eigenvalue weighted by molar-refractivity contribution is 5.32. The van der Waals surface area contributed by atoms with Gasteiger partial charge in [0.1, 0.15) is 5.83 Å². The first kappa shape index (κ1) is 24.6. The third-order valence-corrected chi connectivity index (χ3v) is 8.73. The van der Waals surface area contributed by atoms with Gasteiger partial charge in [-0.1, -0.05) is 18.2 Å². The van der Waals surface area contributed by atoms with Crippen LogP contribution in [0.15, 0.2) is 36.7 Å². The van der Waals surface area contributed by atoms with Crippen LogP contribution in [0.2, 0.25) is 0 Å². The zero-order chi connectivity index (χ0) is 23.4. The van der Waals surface area contributed by atoms with Crippen LogP contribution in [0.3, 0.4) is 0 Å². The first-order chi connectivity index (χ1) is 16.0. The molecule has 3 aliphatic carbocycles. The molecule has 4 heteroatoms. The lowest BCUT2D eigenvalue weighted by Gasteiger charge is -2.31. The Morgan fingerprint density at radius 2 is 1.39 bits per heavy atom. The number of benzene rings is 1. The van der Waals surface area contributed by atoms with Crippen molar-refractivity contribution in [2.45, 2.75) is 95.0 Å². The maximum absolute atomic E-state index is 15.1. The SMILES string of the molecule is C=CC1CCC(c2ccc(C3CCC(CCC4CCC(OC)C=C4F)CC3)c(F)c2F)CC1. The number of halogens is 3. The summed E-state index contributed by atoms with van der Waals surface area (Å²) in [5, 5.41) is 0. The molecule has 2 saturated carbocycles. The Bertz CT molecular complexity index is 832. The molecule has 0 heterocycles. The third kappa shape index (κ3) is 5.75. The summed E-state index contributed by atoms with van der Waals surface area (Å²) in [4.78, 5) is 0. The Morgan fingerprint density at radius 3 is 1.91 bits per heavy atom. The zero-order valence-electron chi connectivity index (χ0n) is 20.0. The van der Waals surface area contributed by atoms with Gasteiger partial charge in [0.25, 0.3) is 0 Å². The van der Waals surface area contributed by atoms with Crippen molar-refractivity contribution < 1.29 is 17.9 Å². The average Bonchev–Trinajstić information content (AvgIpc) is 2.85. The van der Waals surface area contributed by atoms with E-state index in [2.05, 4.69) is 6.58 Å². The average molecular weight is 461 g/mol. The number of allylic oxidation sites excluding steroid dienone is 2. The highest BCUT2D eigenvalue weighted by Crippen LogP contribution is 2.43. The molecule has 3 aliphatic rings. The van der Waals surface area contributed by atoms with Crippen molar-refractivity contribution in [3.05, 3.63) is 59.5 Å². The molecule has 0 N–H and O–H groups in total. The van der Waals surface area contributed by atoms with E-state index in [1.807, 2.05) is 18.2 Å². The third-order valence-electron chi connectivity index (χ3n) is 8.73. The van der Waals surface area contributed by atoms with E-state index in [-0.39, 0.29) is 29.7 Å². The van der Waals surface area contributed by atoms with E-state index >= 15 is 8.78 Å². The Hall–Kier alpha value is -1.55. The van der Waals surface area contributed by atoms with Crippen molar-refractivity contribution in [2.24, 2.45) is 17.8 Å². The summed E-state index contributed by atoms with van der Waals surface area (Å²) in [6.45, 7) is 3.87. The monoisotopic (exact) mass is 460 g/mol. The van der Waals surface area contributed by atoms with Crippen LogP contribution in [-0.2, 0) is 4.74 Å². The van der Waals surface area contributed by atoms with Crippen molar-refractivity contribution >= 4 is 0 Å². The van der Waals surface area contributed by atoms with Gasteiger partial charge in [0.05, 0.1) is 6.10 Å². The van der Waals surface area contributed by atoms with Gasteiger partial charge in [-0.05, 0) is 118 Å². The summed E-state index contributed by atoms with van der Waals surface area (Å²) in [7, 11) is 1.63. The molecule has 0 saturated heterocycles. The number of hydrogen-bond acceptors (Lipinski definition) is 1. The molecule has 182 valence electrons. The van der Waals surface area contributed by atoms with Gasteiger partial charge >= 0.3 is 0 Å². The first-order valence-electron chi connectivity index (χ1n) is 13.0. The van der Waals surface area contributed by atoms with Gasteiger partial charge in [-0.3, -0.25) is 0 Å². The first-order valence-corrected chi connectivity index (χ1v) is 13.0. The van der Waals surface area contributed by atoms with Crippen LogP contribution in [0.4, 0.5) is 13.2 Å². The molecule has 1 aromatic carbocycles. The second kappa shape index (κ2) is 11.3. The smallest absolute Gasteiger partial charge is 0.162 e. The maximum Gasteiger partial charge on any atom is 0.162 e. The van der Waals surface area contributed by atoms with Crippen LogP contribution in [-0.4, -0.2) is 13.2 Å². The van der Waals surface area contributed by atoms with Crippen LogP contribution in [0, 0.1) is 29.4 Å². The van der Waals surface area contributed by atoms with Crippen LogP contribution in [0.25, 0.3) is 0 Å². The quantitative estimate of drug-likeness (QED) is 0.370. The van der Waals surface area contributed by atoms with Gasteiger partial charge in [0, 0.05) is 13.0 Å². The summed E-state index contributed by atoms with van der Waals surface area (Å²) in [6.07, 6.45) is 14.8. The fourth-order valence-corrected chi connectivity index (χ4v) is 6.44. The van der Waals surface area contributed by atoms with Crippen molar-refractivity contribution in [3.8, 4) is 0 Å². The fraction of sp³-hybridized carbons (Fsp3) is 0.655. The summed E-state index contributed by atoms with van der Waals surface area (Å²) < 4.78 is 49.7. The molecule has 0 aromatic heterocycles. The van der Waals surface area contributed by atoms with E-state index in [4.69, 9.17) is 4.74 Å². The highest BCUT2D eigenvalue weighted by atomic mass is 19.2. The van der Waals surface area contributed by atoms with Gasteiger partial charge in [-0.2, -0.15) is 0 Å². The summed E-state index contributed by atoms with van der Waals surface area (Å²) in [6, 6.07) is 3.71. The Labute approximate surface area is 197 Å². The highest BCUT2D eigenvalue weighted by Gasteiger charge is 2.30. The van der Waals surface area contributed by atoms with Crippen LogP contribution < -0.4 is 0 Å². The molecule has 2 fully saturated rings. The predicted octanol–water partition coefficient (Wildman–Crippen LogP) is 8.76. The van der Waals surface area contributed by atoms with Crippen molar-refractivity contribution in [1.29, 1.82) is 0 Å². The topological polar surface area (TPSA) is 9.23 Å². The zero-order valence-corrected chi connectivity index (χ0v) is 20.0. The molecule has 0 bridgehead atoms. The van der Waals surface area contributed by atoms with Crippen molar-refractivity contribution in [1.82, 2.24) is 0 Å². The minimum Gasteiger partial charge on any atom is -0.377 e. The number of methoxy groups -OCH3 is 1. The number of rotatable bonds is 7. The van der Waals surface area contributed by atoms with Crippen molar-refractivity contribution in [2.75, 3.05) is 7.11 Å². The Kier molecular flexibility index (Phi) is 8.38. The minimum atomic E-state index is -0.621. The molecular formula is C29H39F3O. The molecule has 0 radical (unpaired) electrons. The number of ether oxygens (including phenoxy) is 1. The van der Waals surface area contributed by atoms with Gasteiger partial charge < -0.3 is 4.74 Å². The summed E-state index contributed by atoms with van der Waals surface area (Å²) in [5.41, 5.74) is 1.12. The predicted molar refractivity (Wildman–Crippen MR) is 128 cm³/mol. The molecule has 33 heavy (non-hydrogen) atoms. The molecule has 0 amide bonds. The van der Waals surface area contributed by atoms with Gasteiger partial charge in [0.15, 0.2) is 11.6 Å². The normalized spacial score (nSPS) is 32.9. The molecule has 2 unspecified atom stereocenters. The van der Waals surface area contributed by atoms with E-state index in [9.17, 15) is 4.39 Å². The minimum absolute atomic E-state index is 0.0163. The summed E-state index contributed by atoms with van der Waals surface area (Å²) >= 11 is 0. The standard InChI is InChI=1S/C29H39F3O/c1-3-19-4-9-21(10-5-19)25-16-17-26(29(32)28(25)31)22-11-6-20(7-12-22)8-13-23-14-15-24(33-2)18-27(23)30/h3,16-24H,1,4-15H2,2H3. The van der Waals surface area contributed by atoms with Crippen LogP contribution in [0.1, 0.15) is 100 Å². The second-order valence-corrected chi connectivity index (χ2v) is 10.6. The van der Waals surface area contributed by atoms with E-state index in [0.29, 0.717) is 23.0 Å². The van der Waals surface area contributed by atoms with E-state index in [1.165, 1.54) is 0 Å². The van der Waals surface area contributed by atoms with E-state index in [1.54, 1.807) is 13.2 Å². The molecule has 4 rings (SSSR count). The van der Waals surface area contributed by atoms with Crippen LogP contribution >= 0.6 is 0 Å². The van der Waals surface area contributed by atoms with E-state index in [0.717, 1.165) is 77.0 Å². The maximum atomic E-state index is 15.1. The Morgan fingerprint density at radius 1 is 0.818 bits per heavy atom. The lowest BCUT2D eigenvalue weighted by Crippen LogP contribution is -2.20. The molecule has 1 aromatic rings. The molecular weight excluding hydrogens is 421 g/mol.